The number of carbonyl (C=O) groups is 1. The number of rotatable bonds is 1. The summed E-state index contributed by atoms with van der Waals surface area (Å²) < 4.78 is 0. The van der Waals surface area contributed by atoms with Crippen LogP contribution in [0.4, 0.5) is 0 Å². The summed E-state index contributed by atoms with van der Waals surface area (Å²) in [5.74, 6) is 0.315. The number of piperidine rings is 1. The van der Waals surface area contributed by atoms with Crippen molar-refractivity contribution >= 4 is 5.91 Å². The molecule has 0 aromatic heterocycles. The fourth-order valence-corrected chi connectivity index (χ4v) is 3.08. The number of hydrogen-bond donors (Lipinski definition) is 1. The number of nitrogens with zero attached hydrogens (tertiary/aromatic N) is 2. The molecule has 1 atom stereocenters. The molecular formula is C14H27N3O. The van der Waals surface area contributed by atoms with Crippen molar-refractivity contribution < 1.29 is 4.79 Å². The SMILES string of the molecule is CN1CCCN(C(=O)C2NCCCC2(C)C)CC1. The van der Waals surface area contributed by atoms with E-state index in [0.717, 1.165) is 45.6 Å². The number of likely N-dealkylation sites (N-methyl/N-ethyl adjacent to an activating group) is 1. The van der Waals surface area contributed by atoms with Crippen LogP contribution >= 0.6 is 0 Å². The largest absolute Gasteiger partial charge is 0.340 e. The second-order valence-corrected chi connectivity index (χ2v) is 6.46. The van der Waals surface area contributed by atoms with Gasteiger partial charge in [-0.15, -0.1) is 0 Å². The fraction of sp³-hybridized carbons (Fsp3) is 0.929. The molecule has 2 aliphatic rings. The molecule has 2 heterocycles. The quantitative estimate of drug-likeness (QED) is 0.755. The molecule has 0 aromatic carbocycles. The fourth-order valence-electron chi connectivity index (χ4n) is 3.08. The van der Waals surface area contributed by atoms with Gasteiger partial charge in [0.25, 0.3) is 0 Å². The summed E-state index contributed by atoms with van der Waals surface area (Å²) in [6, 6.07) is 0.00894. The van der Waals surface area contributed by atoms with E-state index >= 15 is 0 Å². The van der Waals surface area contributed by atoms with Crippen molar-refractivity contribution in [1.82, 2.24) is 15.1 Å². The van der Waals surface area contributed by atoms with Crippen LogP contribution in [-0.2, 0) is 4.79 Å². The average Bonchev–Trinajstić information content (AvgIpc) is 2.53. The molecule has 1 N–H and O–H groups in total. The predicted molar refractivity (Wildman–Crippen MR) is 73.5 cm³/mol. The Kier molecular flexibility index (Phi) is 4.28. The number of hydrogen-bond acceptors (Lipinski definition) is 3. The Hall–Kier alpha value is -0.610. The van der Waals surface area contributed by atoms with Gasteiger partial charge in [-0.3, -0.25) is 4.79 Å². The molecule has 2 fully saturated rings. The highest BCUT2D eigenvalue weighted by Gasteiger charge is 2.39. The van der Waals surface area contributed by atoms with E-state index in [9.17, 15) is 4.79 Å². The Morgan fingerprint density at radius 2 is 1.94 bits per heavy atom. The number of carbonyl (C=O) groups excluding carboxylic acids is 1. The third-order valence-corrected chi connectivity index (χ3v) is 4.41. The van der Waals surface area contributed by atoms with Crippen LogP contribution in [0.2, 0.25) is 0 Å². The Morgan fingerprint density at radius 1 is 1.17 bits per heavy atom. The van der Waals surface area contributed by atoms with Crippen molar-refractivity contribution in [3.63, 3.8) is 0 Å². The van der Waals surface area contributed by atoms with Gasteiger partial charge in [0.15, 0.2) is 0 Å². The molecule has 2 aliphatic heterocycles. The normalized spacial score (nSPS) is 29.9. The lowest BCUT2D eigenvalue weighted by Gasteiger charge is -2.40. The second kappa shape index (κ2) is 5.57. The van der Waals surface area contributed by atoms with Crippen LogP contribution in [0.3, 0.4) is 0 Å². The van der Waals surface area contributed by atoms with Gasteiger partial charge in [-0.05, 0) is 44.8 Å². The smallest absolute Gasteiger partial charge is 0.240 e. The van der Waals surface area contributed by atoms with Crippen LogP contribution < -0.4 is 5.32 Å². The van der Waals surface area contributed by atoms with Gasteiger partial charge in [-0.1, -0.05) is 13.8 Å². The van der Waals surface area contributed by atoms with Crippen molar-refractivity contribution in [3.8, 4) is 0 Å². The van der Waals surface area contributed by atoms with Gasteiger partial charge >= 0.3 is 0 Å². The van der Waals surface area contributed by atoms with E-state index in [1.54, 1.807) is 0 Å². The van der Waals surface area contributed by atoms with Gasteiger partial charge in [0.1, 0.15) is 0 Å². The van der Waals surface area contributed by atoms with Gasteiger partial charge in [-0.2, -0.15) is 0 Å². The van der Waals surface area contributed by atoms with E-state index in [-0.39, 0.29) is 11.5 Å². The van der Waals surface area contributed by atoms with Crippen molar-refractivity contribution in [1.29, 1.82) is 0 Å². The minimum atomic E-state index is 0.00894. The summed E-state index contributed by atoms with van der Waals surface area (Å²) in [5.41, 5.74) is 0.0908. The van der Waals surface area contributed by atoms with E-state index in [0.29, 0.717) is 5.91 Å². The molecule has 2 rings (SSSR count). The summed E-state index contributed by atoms with van der Waals surface area (Å²) >= 11 is 0. The zero-order chi connectivity index (χ0) is 13.2. The molecule has 1 amide bonds. The highest BCUT2D eigenvalue weighted by Crippen LogP contribution is 2.31. The summed E-state index contributed by atoms with van der Waals surface area (Å²) in [7, 11) is 2.14. The lowest BCUT2D eigenvalue weighted by molar-refractivity contribution is -0.137. The van der Waals surface area contributed by atoms with Crippen LogP contribution in [0.5, 0.6) is 0 Å². The highest BCUT2D eigenvalue weighted by molar-refractivity contribution is 5.83. The number of amides is 1. The molecule has 0 bridgehead atoms. The molecule has 0 aromatic rings. The zero-order valence-electron chi connectivity index (χ0n) is 12.0. The predicted octanol–water partition coefficient (Wildman–Crippen LogP) is 0.929. The third kappa shape index (κ3) is 3.04. The van der Waals surface area contributed by atoms with Crippen LogP contribution in [0.15, 0.2) is 0 Å². The van der Waals surface area contributed by atoms with Crippen molar-refractivity contribution in [2.45, 2.75) is 39.2 Å². The molecule has 4 nitrogen and oxygen atoms in total. The standard InChI is InChI=1S/C14H27N3O/c1-14(2)6-4-7-15-12(14)13(18)17-9-5-8-16(3)10-11-17/h12,15H,4-11H2,1-3H3. The van der Waals surface area contributed by atoms with Crippen LogP contribution in [0, 0.1) is 5.41 Å². The van der Waals surface area contributed by atoms with Crippen LogP contribution in [0.1, 0.15) is 33.1 Å². The van der Waals surface area contributed by atoms with E-state index in [1.807, 2.05) is 0 Å². The molecule has 18 heavy (non-hydrogen) atoms. The topological polar surface area (TPSA) is 35.6 Å². The minimum absolute atomic E-state index is 0.00894. The molecule has 0 aliphatic carbocycles. The first-order valence-electron chi connectivity index (χ1n) is 7.21. The van der Waals surface area contributed by atoms with E-state index in [4.69, 9.17) is 0 Å². The summed E-state index contributed by atoms with van der Waals surface area (Å²) in [6.45, 7) is 9.30. The molecule has 0 spiro atoms. The Morgan fingerprint density at radius 3 is 2.67 bits per heavy atom. The van der Waals surface area contributed by atoms with E-state index < -0.39 is 0 Å². The van der Waals surface area contributed by atoms with Gasteiger partial charge in [0.2, 0.25) is 5.91 Å². The Labute approximate surface area is 111 Å². The van der Waals surface area contributed by atoms with E-state index in [2.05, 4.69) is 36.0 Å². The van der Waals surface area contributed by atoms with Crippen LogP contribution in [-0.4, -0.2) is 61.5 Å². The summed E-state index contributed by atoms with van der Waals surface area (Å²) in [5, 5.41) is 3.43. The van der Waals surface area contributed by atoms with Gasteiger partial charge in [-0.25, -0.2) is 0 Å². The average molecular weight is 253 g/mol. The lowest BCUT2D eigenvalue weighted by atomic mass is 9.77. The Balaban J connectivity index is 2.01. The summed E-state index contributed by atoms with van der Waals surface area (Å²) in [6.07, 6.45) is 3.42. The van der Waals surface area contributed by atoms with Gasteiger partial charge < -0.3 is 15.1 Å². The molecule has 2 saturated heterocycles. The molecule has 104 valence electrons. The zero-order valence-corrected chi connectivity index (χ0v) is 12.0. The second-order valence-electron chi connectivity index (χ2n) is 6.46. The molecule has 4 heteroatoms. The van der Waals surface area contributed by atoms with Gasteiger partial charge in [0.05, 0.1) is 6.04 Å². The van der Waals surface area contributed by atoms with Crippen molar-refractivity contribution in [2.75, 3.05) is 39.8 Å². The van der Waals surface area contributed by atoms with Crippen molar-refractivity contribution in [2.24, 2.45) is 5.41 Å². The van der Waals surface area contributed by atoms with Crippen molar-refractivity contribution in [3.05, 3.63) is 0 Å². The summed E-state index contributed by atoms with van der Waals surface area (Å²) in [4.78, 5) is 17.0. The van der Waals surface area contributed by atoms with Crippen LogP contribution in [0.25, 0.3) is 0 Å². The lowest BCUT2D eigenvalue weighted by Crippen LogP contribution is -2.57. The first-order valence-corrected chi connectivity index (χ1v) is 7.21. The Bertz CT molecular complexity index is 303. The monoisotopic (exact) mass is 253 g/mol. The molecule has 1 unspecified atom stereocenters. The number of nitrogens with one attached hydrogen (secondary N) is 1. The highest BCUT2D eigenvalue weighted by atomic mass is 16.2. The molecule has 0 radical (unpaired) electrons. The van der Waals surface area contributed by atoms with E-state index in [1.165, 1.54) is 6.42 Å². The molecule has 0 saturated carbocycles. The first-order chi connectivity index (χ1) is 8.50. The third-order valence-electron chi connectivity index (χ3n) is 4.41. The maximum atomic E-state index is 12.7. The first kappa shape index (κ1) is 13.8. The minimum Gasteiger partial charge on any atom is -0.340 e. The molecular weight excluding hydrogens is 226 g/mol. The van der Waals surface area contributed by atoms with Gasteiger partial charge in [0, 0.05) is 19.6 Å². The maximum absolute atomic E-state index is 12.7. The maximum Gasteiger partial charge on any atom is 0.240 e.